The molecule has 6 atom stereocenters. The molecule has 2 aromatic rings. The lowest BCUT2D eigenvalue weighted by Crippen LogP contribution is -2.74. The Hall–Kier alpha value is -2.67. The molecule has 0 N–H and O–H groups in total. The number of methoxy groups -OCH3 is 1. The van der Waals surface area contributed by atoms with Gasteiger partial charge in [-0.05, 0) is 74.6 Å². The third kappa shape index (κ3) is 2.79. The van der Waals surface area contributed by atoms with E-state index in [9.17, 15) is 4.79 Å². The second-order valence-corrected chi connectivity index (χ2v) is 12.5. The molecule has 7 aliphatic rings. The molecule has 3 aliphatic carbocycles. The number of carbonyl (C=O) groups excluding carboxylic acids is 1. The van der Waals surface area contributed by atoms with Gasteiger partial charge in [-0.25, -0.2) is 9.97 Å². The van der Waals surface area contributed by atoms with E-state index in [-0.39, 0.29) is 35.3 Å². The summed E-state index contributed by atoms with van der Waals surface area (Å²) in [5, 5.41) is 0. The summed E-state index contributed by atoms with van der Waals surface area (Å²) < 4.78 is 12.9. The fraction of sp³-hybridized carbons (Fsp3) is 0.633. The van der Waals surface area contributed by atoms with Crippen LogP contribution in [0, 0.1) is 17.3 Å². The Kier molecular flexibility index (Phi) is 4.64. The Morgan fingerprint density at radius 1 is 1.19 bits per heavy atom. The van der Waals surface area contributed by atoms with E-state index < -0.39 is 0 Å². The number of aromatic nitrogens is 2. The van der Waals surface area contributed by atoms with Gasteiger partial charge in [-0.2, -0.15) is 0 Å². The number of carbonyl (C=O) groups is 1. The number of fused-ring (bicyclic) bond motifs is 3. The zero-order valence-electron chi connectivity index (χ0n) is 21.9. The Labute approximate surface area is 218 Å². The molecular weight excluding hydrogens is 464 g/mol. The summed E-state index contributed by atoms with van der Waals surface area (Å²) in [6.45, 7) is 5.59. The molecule has 9 rings (SSSR count). The van der Waals surface area contributed by atoms with E-state index in [1.165, 1.54) is 30.5 Å². The second kappa shape index (κ2) is 7.68. The first-order chi connectivity index (χ1) is 18.1. The average molecular weight is 501 g/mol. The van der Waals surface area contributed by atoms with Gasteiger partial charge < -0.3 is 14.4 Å². The standard InChI is InChI=1S/C30H36N4O3/c1-18-16-34(25(35)15-24-31-11-3-12-32-24)21-8-9-29(18)23-14-20-6-7-22(36-2)27-26(20)30(29,28(21)37-27)10-13-33(23)17-19-4-5-19/h3,6-7,11-12,18-19,21,23,28H,4-5,8-10,13-17H2,1-2H3/t18?,21-,23-,28+,29-,30+/m1/s1. The van der Waals surface area contributed by atoms with Crippen molar-refractivity contribution < 1.29 is 14.3 Å². The van der Waals surface area contributed by atoms with Crippen molar-refractivity contribution in [2.24, 2.45) is 17.3 Å². The van der Waals surface area contributed by atoms with Crippen molar-refractivity contribution in [2.45, 2.75) is 75.5 Å². The van der Waals surface area contributed by atoms with Crippen LogP contribution >= 0.6 is 0 Å². The summed E-state index contributed by atoms with van der Waals surface area (Å²) in [6, 6.07) is 6.78. The molecule has 1 aromatic carbocycles. The number of amides is 1. The van der Waals surface area contributed by atoms with E-state index in [1.807, 2.05) is 0 Å². The van der Waals surface area contributed by atoms with E-state index in [0.717, 1.165) is 56.2 Å². The van der Waals surface area contributed by atoms with Gasteiger partial charge in [0.05, 0.1) is 19.6 Å². The highest BCUT2D eigenvalue weighted by atomic mass is 16.5. The van der Waals surface area contributed by atoms with Crippen LogP contribution in [0.2, 0.25) is 0 Å². The molecule has 7 heteroatoms. The van der Waals surface area contributed by atoms with Crippen LogP contribution in [-0.4, -0.2) is 70.6 Å². The van der Waals surface area contributed by atoms with E-state index in [1.54, 1.807) is 25.6 Å². The smallest absolute Gasteiger partial charge is 0.230 e. The minimum Gasteiger partial charge on any atom is -0.493 e. The summed E-state index contributed by atoms with van der Waals surface area (Å²) in [7, 11) is 1.75. The number of likely N-dealkylation sites (tertiary alicyclic amines) is 1. The zero-order chi connectivity index (χ0) is 24.9. The first-order valence-electron chi connectivity index (χ1n) is 14.2. The maximum Gasteiger partial charge on any atom is 0.230 e. The van der Waals surface area contributed by atoms with Crippen molar-refractivity contribution in [3.05, 3.63) is 47.5 Å². The molecule has 7 nitrogen and oxygen atoms in total. The topological polar surface area (TPSA) is 67.8 Å². The van der Waals surface area contributed by atoms with Crippen LogP contribution in [0.4, 0.5) is 0 Å². The molecule has 5 fully saturated rings. The first-order valence-corrected chi connectivity index (χ1v) is 14.2. The van der Waals surface area contributed by atoms with Gasteiger partial charge in [0, 0.05) is 47.9 Å². The molecule has 1 amide bonds. The monoisotopic (exact) mass is 500 g/mol. The Bertz CT molecular complexity index is 1260. The summed E-state index contributed by atoms with van der Waals surface area (Å²) >= 11 is 0. The second-order valence-electron chi connectivity index (χ2n) is 12.5. The van der Waals surface area contributed by atoms with Crippen molar-refractivity contribution in [1.82, 2.24) is 19.8 Å². The predicted molar refractivity (Wildman–Crippen MR) is 138 cm³/mol. The summed E-state index contributed by atoms with van der Waals surface area (Å²) in [5.74, 6) is 3.79. The van der Waals surface area contributed by atoms with Crippen LogP contribution in [0.3, 0.4) is 0 Å². The van der Waals surface area contributed by atoms with Crippen LogP contribution in [-0.2, 0) is 23.1 Å². The Morgan fingerprint density at radius 2 is 2.03 bits per heavy atom. The van der Waals surface area contributed by atoms with Gasteiger partial charge >= 0.3 is 0 Å². The van der Waals surface area contributed by atoms with Gasteiger partial charge in [-0.3, -0.25) is 9.69 Å². The fourth-order valence-corrected chi connectivity index (χ4v) is 9.58. The lowest BCUT2D eigenvalue weighted by Gasteiger charge is -2.67. The van der Waals surface area contributed by atoms with Gasteiger partial charge in [0.1, 0.15) is 11.9 Å². The predicted octanol–water partition coefficient (Wildman–Crippen LogP) is 3.39. The van der Waals surface area contributed by atoms with Crippen LogP contribution in [0.5, 0.6) is 11.5 Å². The van der Waals surface area contributed by atoms with E-state index in [4.69, 9.17) is 9.47 Å². The summed E-state index contributed by atoms with van der Waals surface area (Å²) in [4.78, 5) is 27.7. The quantitative estimate of drug-likeness (QED) is 0.627. The molecule has 3 saturated heterocycles. The van der Waals surface area contributed by atoms with Crippen LogP contribution in [0.15, 0.2) is 30.6 Å². The summed E-state index contributed by atoms with van der Waals surface area (Å²) in [5.41, 5.74) is 2.92. The molecule has 0 radical (unpaired) electrons. The fourth-order valence-electron chi connectivity index (χ4n) is 9.58. The average Bonchev–Trinajstić information content (AvgIpc) is 3.69. The Morgan fingerprint density at radius 3 is 2.81 bits per heavy atom. The van der Waals surface area contributed by atoms with Gasteiger partial charge in [-0.15, -0.1) is 0 Å². The zero-order valence-corrected chi connectivity index (χ0v) is 21.9. The molecule has 4 aliphatic heterocycles. The molecule has 194 valence electrons. The normalized spacial score (nSPS) is 37.1. The SMILES string of the molecule is COc1ccc2c3c1O[C@H]1[C@H]4CC[C@@]5(C(C)CN4C(=O)Cc4ncccn4)[C@@H](C2)N(CC2CC2)CC[C@]315. The number of nitrogens with zero attached hydrogens (tertiary/aromatic N) is 4. The van der Waals surface area contributed by atoms with Gasteiger partial charge in [0.15, 0.2) is 11.5 Å². The minimum atomic E-state index is -0.0597. The minimum absolute atomic E-state index is 0.0252. The largest absolute Gasteiger partial charge is 0.493 e. The molecule has 2 spiro atoms. The number of ether oxygens (including phenoxy) is 2. The number of hydrogen-bond acceptors (Lipinski definition) is 6. The molecule has 1 aromatic heterocycles. The lowest BCUT2D eigenvalue weighted by atomic mass is 9.40. The lowest BCUT2D eigenvalue weighted by molar-refractivity contribution is -0.151. The third-order valence-corrected chi connectivity index (χ3v) is 11.1. The highest BCUT2D eigenvalue weighted by Gasteiger charge is 2.76. The molecule has 1 unspecified atom stereocenters. The van der Waals surface area contributed by atoms with Gasteiger partial charge in [0.25, 0.3) is 0 Å². The highest BCUT2D eigenvalue weighted by molar-refractivity contribution is 5.79. The van der Waals surface area contributed by atoms with Crippen molar-refractivity contribution in [3.63, 3.8) is 0 Å². The molecule has 2 saturated carbocycles. The van der Waals surface area contributed by atoms with E-state index in [0.29, 0.717) is 17.8 Å². The summed E-state index contributed by atoms with van der Waals surface area (Å²) in [6.07, 6.45) is 10.8. The van der Waals surface area contributed by atoms with Crippen LogP contribution < -0.4 is 9.47 Å². The molecule has 5 heterocycles. The van der Waals surface area contributed by atoms with Crippen LogP contribution in [0.1, 0.15) is 56.0 Å². The molecular formula is C30H36N4O3. The maximum absolute atomic E-state index is 13.9. The molecule has 37 heavy (non-hydrogen) atoms. The van der Waals surface area contributed by atoms with Gasteiger partial charge in [0.2, 0.25) is 5.91 Å². The number of hydrogen-bond donors (Lipinski definition) is 0. The third-order valence-electron chi connectivity index (χ3n) is 11.1. The van der Waals surface area contributed by atoms with E-state index in [2.05, 4.69) is 38.8 Å². The highest BCUT2D eigenvalue weighted by Crippen LogP contribution is 2.73. The van der Waals surface area contributed by atoms with Gasteiger partial charge in [-0.1, -0.05) is 13.0 Å². The van der Waals surface area contributed by atoms with E-state index >= 15 is 0 Å². The van der Waals surface area contributed by atoms with Crippen LogP contribution in [0.25, 0.3) is 0 Å². The first kappa shape index (κ1) is 22.3. The van der Waals surface area contributed by atoms with Crippen molar-refractivity contribution >= 4 is 5.91 Å². The number of rotatable bonds is 5. The maximum atomic E-state index is 13.9. The van der Waals surface area contributed by atoms with Crippen molar-refractivity contribution in [2.75, 3.05) is 26.7 Å². The Balaban J connectivity index is 1.28. The van der Waals surface area contributed by atoms with Crippen molar-refractivity contribution in [1.29, 1.82) is 0 Å². The number of benzene rings is 1. The van der Waals surface area contributed by atoms with Crippen molar-refractivity contribution in [3.8, 4) is 11.5 Å². The molecule has 4 bridgehead atoms. The number of piperidine rings is 1.